The second-order valence-electron chi connectivity index (χ2n) is 9.86. The molecule has 1 saturated carbocycles. The molecule has 0 radical (unpaired) electrons. The number of methoxy groups -OCH3 is 1. The van der Waals surface area contributed by atoms with E-state index in [1.807, 2.05) is 6.08 Å². The number of hydrogen-bond donors (Lipinski definition) is 1. The largest absolute Gasteiger partial charge is 0.469 e. The highest BCUT2D eigenvalue weighted by molar-refractivity contribution is 14.1. The molecular formula is C24H40FIO4. The lowest BCUT2D eigenvalue weighted by Gasteiger charge is -2.29. The van der Waals surface area contributed by atoms with Crippen LogP contribution in [0.1, 0.15) is 72.6 Å². The maximum absolute atomic E-state index is 15.5. The molecule has 0 spiro atoms. The Hall–Kier alpha value is -0.210. The van der Waals surface area contributed by atoms with Gasteiger partial charge in [-0.05, 0) is 42.9 Å². The van der Waals surface area contributed by atoms with Gasteiger partial charge in [-0.3, -0.25) is 4.79 Å². The predicted octanol–water partition coefficient (Wildman–Crippen LogP) is 5.64. The number of allylic oxidation sites excluding steroid dienone is 1. The molecule has 0 bridgehead atoms. The van der Waals surface area contributed by atoms with Crippen molar-refractivity contribution in [1.82, 2.24) is 0 Å². The minimum absolute atomic E-state index is 0.0337. The second kappa shape index (κ2) is 11.6. The average molecular weight is 538 g/mol. The van der Waals surface area contributed by atoms with E-state index in [1.165, 1.54) is 7.11 Å². The normalized spacial score (nSPS) is 33.6. The predicted molar refractivity (Wildman–Crippen MR) is 126 cm³/mol. The zero-order valence-electron chi connectivity index (χ0n) is 19.2. The van der Waals surface area contributed by atoms with Gasteiger partial charge < -0.3 is 14.6 Å². The van der Waals surface area contributed by atoms with Gasteiger partial charge in [0.25, 0.3) is 0 Å². The molecule has 1 N–H and O–H groups in total. The quantitative estimate of drug-likeness (QED) is 0.160. The van der Waals surface area contributed by atoms with Gasteiger partial charge in [0.1, 0.15) is 12.3 Å². The Morgan fingerprint density at radius 2 is 2.10 bits per heavy atom. The van der Waals surface area contributed by atoms with Crippen LogP contribution in [0, 0.1) is 23.2 Å². The van der Waals surface area contributed by atoms with E-state index < -0.39 is 18.4 Å². The summed E-state index contributed by atoms with van der Waals surface area (Å²) < 4.78 is 26.4. The number of hydrogen-bond acceptors (Lipinski definition) is 4. The molecule has 0 aromatic heterocycles. The molecular weight excluding hydrogens is 498 g/mol. The van der Waals surface area contributed by atoms with E-state index in [-0.39, 0.29) is 33.2 Å². The van der Waals surface area contributed by atoms with Crippen LogP contribution in [-0.4, -0.2) is 46.6 Å². The average Bonchev–Trinajstić information content (AvgIpc) is 3.19. The van der Waals surface area contributed by atoms with Crippen LogP contribution in [0.3, 0.4) is 0 Å². The van der Waals surface area contributed by atoms with Crippen molar-refractivity contribution < 1.29 is 23.8 Å². The van der Waals surface area contributed by atoms with Gasteiger partial charge in [-0.1, -0.05) is 75.3 Å². The minimum Gasteiger partial charge on any atom is -0.469 e. The number of unbranched alkanes of at least 4 members (excludes halogenated alkanes) is 1. The highest BCUT2D eigenvalue weighted by atomic mass is 127. The van der Waals surface area contributed by atoms with E-state index in [4.69, 9.17) is 4.74 Å². The third-order valence-corrected chi connectivity index (χ3v) is 8.42. The number of esters is 1. The monoisotopic (exact) mass is 538 g/mol. The molecule has 1 heterocycles. The second-order valence-corrected chi connectivity index (χ2v) is 11.5. The summed E-state index contributed by atoms with van der Waals surface area (Å²) in [5.41, 5.74) is -0.176. The summed E-state index contributed by atoms with van der Waals surface area (Å²) in [5, 5.41) is 10.7. The Morgan fingerprint density at radius 3 is 2.73 bits per heavy atom. The summed E-state index contributed by atoms with van der Waals surface area (Å²) in [6.45, 7) is 8.51. The number of aliphatic hydroxyl groups excluding tert-OH is 1. The van der Waals surface area contributed by atoms with Crippen LogP contribution in [0.2, 0.25) is 0 Å². The maximum Gasteiger partial charge on any atom is 0.305 e. The van der Waals surface area contributed by atoms with E-state index in [9.17, 15) is 9.90 Å². The number of alkyl halides is 2. The van der Waals surface area contributed by atoms with Crippen LogP contribution in [0.25, 0.3) is 0 Å². The van der Waals surface area contributed by atoms with E-state index in [2.05, 4.69) is 61.1 Å². The fourth-order valence-electron chi connectivity index (χ4n) is 4.95. The van der Waals surface area contributed by atoms with Crippen molar-refractivity contribution in [3.63, 3.8) is 0 Å². The van der Waals surface area contributed by atoms with Crippen molar-refractivity contribution >= 4 is 28.6 Å². The molecule has 0 aromatic rings. The van der Waals surface area contributed by atoms with Crippen molar-refractivity contribution in [2.45, 2.75) is 101 Å². The zero-order valence-corrected chi connectivity index (χ0v) is 21.3. The van der Waals surface area contributed by atoms with Crippen molar-refractivity contribution in [3.05, 3.63) is 12.2 Å². The molecule has 1 aliphatic carbocycles. The number of aliphatic hydroxyl groups is 1. The first kappa shape index (κ1) is 26.0. The van der Waals surface area contributed by atoms with Gasteiger partial charge in [-0.25, -0.2) is 4.39 Å². The van der Waals surface area contributed by atoms with Crippen molar-refractivity contribution in [1.29, 1.82) is 0 Å². The molecule has 6 heteroatoms. The van der Waals surface area contributed by atoms with E-state index in [0.29, 0.717) is 18.8 Å². The van der Waals surface area contributed by atoms with Gasteiger partial charge in [0.05, 0.1) is 19.3 Å². The molecule has 174 valence electrons. The molecule has 2 fully saturated rings. The van der Waals surface area contributed by atoms with Gasteiger partial charge in [0, 0.05) is 16.3 Å². The topological polar surface area (TPSA) is 55.8 Å². The first-order valence-electron chi connectivity index (χ1n) is 11.5. The van der Waals surface area contributed by atoms with Crippen LogP contribution in [0.4, 0.5) is 4.39 Å². The van der Waals surface area contributed by atoms with E-state index in [0.717, 1.165) is 32.1 Å². The summed E-state index contributed by atoms with van der Waals surface area (Å²) in [6, 6.07) is 0. The lowest BCUT2D eigenvalue weighted by Crippen LogP contribution is -2.33. The van der Waals surface area contributed by atoms with Gasteiger partial charge in [-0.2, -0.15) is 0 Å². The van der Waals surface area contributed by atoms with Crippen LogP contribution >= 0.6 is 22.6 Å². The van der Waals surface area contributed by atoms with Gasteiger partial charge in [0.2, 0.25) is 0 Å². The van der Waals surface area contributed by atoms with Crippen molar-refractivity contribution in [2.24, 2.45) is 23.2 Å². The molecule has 4 nitrogen and oxygen atoms in total. The third-order valence-electron chi connectivity index (χ3n) is 7.08. The Morgan fingerprint density at radius 1 is 1.40 bits per heavy atom. The molecule has 3 unspecified atom stereocenters. The van der Waals surface area contributed by atoms with E-state index >= 15 is 4.39 Å². The first-order chi connectivity index (χ1) is 14.1. The third kappa shape index (κ3) is 6.41. The number of carbonyl (C=O) groups is 1. The lowest BCUT2D eigenvalue weighted by atomic mass is 9.79. The van der Waals surface area contributed by atoms with Gasteiger partial charge in [0.15, 0.2) is 0 Å². The Balaban J connectivity index is 1.97. The van der Waals surface area contributed by atoms with Gasteiger partial charge >= 0.3 is 5.97 Å². The van der Waals surface area contributed by atoms with E-state index in [1.54, 1.807) is 0 Å². The molecule has 2 aliphatic rings. The smallest absolute Gasteiger partial charge is 0.305 e. The molecule has 1 saturated heterocycles. The number of rotatable bonds is 11. The minimum atomic E-state index is -1.01. The standard InChI is InChI=1S/C24H40FIO4/c1-6-7-13-24(3,4)19(27)12-11-16-15(2)14-18-21(16)22(25)23(30-18)17(26)9-8-10-20(28)29-5/h11-12,15-19,21-23,27H,6-10,13-14H2,1-5H3/t15-,16+,17?,18+,19-,21-,22?,23?/m1/s1. The number of carbonyl (C=O) groups excluding carboxylic acids is 1. The molecule has 2 rings (SSSR count). The van der Waals surface area contributed by atoms with Crippen molar-refractivity contribution in [3.8, 4) is 0 Å². The number of ether oxygens (including phenoxy) is 2. The summed E-state index contributed by atoms with van der Waals surface area (Å²) in [5.74, 6) is 0.0582. The SMILES string of the molecule is CCCCC(C)(C)[C@H](O)C=C[C@@H]1[C@H]2C(F)C(C(I)CCCC(=O)OC)O[C@H]2C[C@H]1C. The molecule has 30 heavy (non-hydrogen) atoms. The lowest BCUT2D eigenvalue weighted by molar-refractivity contribution is -0.140. The summed E-state index contributed by atoms with van der Waals surface area (Å²) in [6.07, 6.45) is 7.76. The molecule has 0 aromatic carbocycles. The Bertz CT molecular complexity index is 582. The molecule has 8 atom stereocenters. The highest BCUT2D eigenvalue weighted by Gasteiger charge is 2.55. The van der Waals surface area contributed by atoms with Crippen LogP contribution < -0.4 is 0 Å². The fourth-order valence-corrected chi connectivity index (χ4v) is 5.96. The maximum atomic E-state index is 15.5. The molecule has 1 aliphatic heterocycles. The van der Waals surface area contributed by atoms with Crippen LogP contribution in [-0.2, 0) is 14.3 Å². The first-order valence-corrected chi connectivity index (χ1v) is 12.7. The highest BCUT2D eigenvalue weighted by Crippen LogP contribution is 2.50. The summed E-state index contributed by atoms with van der Waals surface area (Å²) in [4.78, 5) is 11.3. The Kier molecular flexibility index (Phi) is 10.1. The zero-order chi connectivity index (χ0) is 22.5. The fraction of sp³-hybridized carbons (Fsp3) is 0.875. The van der Waals surface area contributed by atoms with Crippen LogP contribution in [0.5, 0.6) is 0 Å². The summed E-state index contributed by atoms with van der Waals surface area (Å²) in [7, 11) is 1.39. The number of fused-ring (bicyclic) bond motifs is 1. The van der Waals surface area contributed by atoms with Crippen molar-refractivity contribution in [2.75, 3.05) is 7.11 Å². The molecule has 0 amide bonds. The summed E-state index contributed by atoms with van der Waals surface area (Å²) >= 11 is 2.27. The van der Waals surface area contributed by atoms with Gasteiger partial charge in [-0.15, -0.1) is 0 Å². The number of halogens is 2. The van der Waals surface area contributed by atoms with Crippen LogP contribution in [0.15, 0.2) is 12.2 Å². The Labute approximate surface area is 195 Å².